The van der Waals surface area contributed by atoms with Crippen molar-refractivity contribution in [2.45, 2.75) is 6.04 Å². The molecule has 3 aromatic rings. The summed E-state index contributed by atoms with van der Waals surface area (Å²) in [5.74, 6) is -1.07. The molecule has 0 radical (unpaired) electrons. The molecular formula is C23H17BrN2O4. The number of ketones is 1. The van der Waals surface area contributed by atoms with Gasteiger partial charge in [-0.05, 0) is 60.2 Å². The Morgan fingerprint density at radius 2 is 1.77 bits per heavy atom. The third-order valence-corrected chi connectivity index (χ3v) is 5.41. The summed E-state index contributed by atoms with van der Waals surface area (Å²) in [5, 5.41) is 11.0. The summed E-state index contributed by atoms with van der Waals surface area (Å²) < 4.78 is 5.92. The third-order valence-electron chi connectivity index (χ3n) is 4.92. The van der Waals surface area contributed by atoms with E-state index in [1.54, 1.807) is 74.1 Å². The molecule has 0 aliphatic carbocycles. The van der Waals surface area contributed by atoms with E-state index >= 15 is 0 Å². The number of rotatable bonds is 4. The van der Waals surface area contributed by atoms with Gasteiger partial charge in [0.05, 0.1) is 18.7 Å². The number of amides is 1. The molecule has 150 valence electrons. The van der Waals surface area contributed by atoms with E-state index in [4.69, 9.17) is 4.74 Å². The minimum atomic E-state index is -0.788. The van der Waals surface area contributed by atoms with Crippen LogP contribution in [-0.2, 0) is 9.59 Å². The number of aliphatic hydroxyl groups is 1. The summed E-state index contributed by atoms with van der Waals surface area (Å²) in [6.45, 7) is 0. The summed E-state index contributed by atoms with van der Waals surface area (Å²) in [5.41, 5.74) is 1.65. The van der Waals surface area contributed by atoms with Crippen LogP contribution in [0, 0.1) is 0 Å². The number of halogens is 1. The molecule has 6 nitrogen and oxygen atoms in total. The molecule has 0 bridgehead atoms. The molecule has 1 aliphatic rings. The Hall–Kier alpha value is -3.45. The number of carbonyl (C=O) groups is 2. The second kappa shape index (κ2) is 8.12. The van der Waals surface area contributed by atoms with Gasteiger partial charge >= 0.3 is 0 Å². The Bertz CT molecular complexity index is 1140. The molecule has 0 spiro atoms. The second-order valence-corrected chi connectivity index (χ2v) is 7.57. The van der Waals surface area contributed by atoms with Crippen molar-refractivity contribution in [2.24, 2.45) is 0 Å². The highest BCUT2D eigenvalue weighted by Crippen LogP contribution is 2.42. The Labute approximate surface area is 181 Å². The summed E-state index contributed by atoms with van der Waals surface area (Å²) in [4.78, 5) is 31.5. The zero-order valence-corrected chi connectivity index (χ0v) is 17.5. The van der Waals surface area contributed by atoms with Crippen LogP contribution in [-0.4, -0.2) is 28.9 Å². The number of benzene rings is 2. The van der Waals surface area contributed by atoms with Crippen LogP contribution in [0.25, 0.3) is 5.76 Å². The van der Waals surface area contributed by atoms with Crippen LogP contribution >= 0.6 is 15.9 Å². The van der Waals surface area contributed by atoms with E-state index in [0.717, 1.165) is 4.47 Å². The van der Waals surface area contributed by atoms with Crippen molar-refractivity contribution in [1.29, 1.82) is 0 Å². The number of hydrogen-bond donors (Lipinski definition) is 1. The van der Waals surface area contributed by atoms with Crippen molar-refractivity contribution in [2.75, 3.05) is 12.0 Å². The minimum absolute atomic E-state index is 0.0244. The van der Waals surface area contributed by atoms with Gasteiger partial charge in [0, 0.05) is 28.1 Å². The number of hydrogen-bond acceptors (Lipinski definition) is 5. The number of anilines is 1. The SMILES string of the molecule is COc1ccc(/C(O)=C2\C(=O)C(=O)N(c3cccc(Br)c3)C2c2ccncc2)cc1. The van der Waals surface area contributed by atoms with Gasteiger partial charge < -0.3 is 9.84 Å². The molecule has 2 heterocycles. The molecule has 2 aromatic carbocycles. The molecule has 7 heteroatoms. The first-order chi connectivity index (χ1) is 14.5. The lowest BCUT2D eigenvalue weighted by atomic mass is 9.96. The standard InChI is InChI=1S/C23H17BrN2O4/c1-30-18-7-5-15(6-8-18)21(27)19-20(14-9-11-25-12-10-14)26(23(29)22(19)28)17-4-2-3-16(24)13-17/h2-13,20,27H,1H3/b21-19+. The highest BCUT2D eigenvalue weighted by atomic mass is 79.9. The molecule has 1 aromatic heterocycles. The van der Waals surface area contributed by atoms with E-state index in [-0.39, 0.29) is 11.3 Å². The first-order valence-corrected chi connectivity index (χ1v) is 9.91. The number of methoxy groups -OCH3 is 1. The van der Waals surface area contributed by atoms with Crippen molar-refractivity contribution < 1.29 is 19.4 Å². The smallest absolute Gasteiger partial charge is 0.300 e. The van der Waals surface area contributed by atoms with Gasteiger partial charge in [-0.2, -0.15) is 0 Å². The summed E-state index contributed by atoms with van der Waals surface area (Å²) in [6, 6.07) is 16.4. The predicted molar refractivity (Wildman–Crippen MR) is 116 cm³/mol. The van der Waals surface area contributed by atoms with Crippen molar-refractivity contribution >= 4 is 39.1 Å². The van der Waals surface area contributed by atoms with Crippen molar-refractivity contribution in [3.8, 4) is 5.75 Å². The first-order valence-electron chi connectivity index (χ1n) is 9.12. The van der Waals surface area contributed by atoms with E-state index < -0.39 is 17.7 Å². The van der Waals surface area contributed by atoms with Crippen molar-refractivity contribution in [3.63, 3.8) is 0 Å². The Kier molecular flexibility index (Phi) is 5.37. The number of nitrogens with zero attached hydrogens (tertiary/aromatic N) is 2. The maximum Gasteiger partial charge on any atom is 0.300 e. The Morgan fingerprint density at radius 1 is 1.07 bits per heavy atom. The molecule has 1 unspecified atom stereocenters. The number of aliphatic hydroxyl groups excluding tert-OH is 1. The maximum absolute atomic E-state index is 13.0. The molecule has 4 rings (SSSR count). The van der Waals surface area contributed by atoms with Gasteiger partial charge in [0.2, 0.25) is 0 Å². The average molecular weight is 465 g/mol. The number of pyridine rings is 1. The van der Waals surface area contributed by atoms with Crippen LogP contribution in [0.4, 0.5) is 5.69 Å². The molecule has 1 atom stereocenters. The largest absolute Gasteiger partial charge is 0.507 e. The summed E-state index contributed by atoms with van der Waals surface area (Å²) >= 11 is 3.41. The van der Waals surface area contributed by atoms with Gasteiger partial charge in [-0.1, -0.05) is 22.0 Å². The van der Waals surface area contributed by atoms with E-state index in [1.807, 2.05) is 6.07 Å². The molecule has 1 aliphatic heterocycles. The number of ether oxygens (including phenoxy) is 1. The van der Waals surface area contributed by atoms with Crippen LogP contribution < -0.4 is 9.64 Å². The molecule has 1 amide bonds. The molecule has 0 saturated carbocycles. The lowest BCUT2D eigenvalue weighted by molar-refractivity contribution is -0.132. The predicted octanol–water partition coefficient (Wildman–Crippen LogP) is 4.48. The highest BCUT2D eigenvalue weighted by Gasteiger charge is 2.47. The Balaban J connectivity index is 1.92. The molecule has 1 fully saturated rings. The fraction of sp³-hybridized carbons (Fsp3) is 0.0870. The number of carbonyl (C=O) groups excluding carboxylic acids is 2. The van der Waals surface area contributed by atoms with Gasteiger partial charge in [0.1, 0.15) is 11.5 Å². The van der Waals surface area contributed by atoms with Gasteiger partial charge in [-0.15, -0.1) is 0 Å². The van der Waals surface area contributed by atoms with Crippen molar-refractivity contribution in [1.82, 2.24) is 4.98 Å². The normalized spacial score (nSPS) is 17.9. The third kappa shape index (κ3) is 3.48. The minimum Gasteiger partial charge on any atom is -0.507 e. The van der Waals surface area contributed by atoms with E-state index in [0.29, 0.717) is 22.6 Å². The van der Waals surface area contributed by atoms with E-state index in [1.165, 1.54) is 4.90 Å². The van der Waals surface area contributed by atoms with Gasteiger partial charge in [-0.3, -0.25) is 19.5 Å². The van der Waals surface area contributed by atoms with Crippen LogP contribution in [0.3, 0.4) is 0 Å². The number of Topliss-reactive ketones (excluding diaryl/α,β-unsaturated/α-hetero) is 1. The number of aromatic nitrogens is 1. The quantitative estimate of drug-likeness (QED) is 0.349. The molecular weight excluding hydrogens is 448 g/mol. The van der Waals surface area contributed by atoms with Crippen LogP contribution in [0.5, 0.6) is 5.75 Å². The summed E-state index contributed by atoms with van der Waals surface area (Å²) in [7, 11) is 1.54. The topological polar surface area (TPSA) is 79.7 Å². The second-order valence-electron chi connectivity index (χ2n) is 6.66. The van der Waals surface area contributed by atoms with Crippen LogP contribution in [0.2, 0.25) is 0 Å². The maximum atomic E-state index is 13.0. The zero-order valence-electron chi connectivity index (χ0n) is 15.9. The summed E-state index contributed by atoms with van der Waals surface area (Å²) in [6.07, 6.45) is 3.17. The lowest BCUT2D eigenvalue weighted by Crippen LogP contribution is -2.29. The van der Waals surface area contributed by atoms with Gasteiger partial charge in [0.15, 0.2) is 0 Å². The fourth-order valence-electron chi connectivity index (χ4n) is 3.49. The molecule has 30 heavy (non-hydrogen) atoms. The van der Waals surface area contributed by atoms with E-state index in [2.05, 4.69) is 20.9 Å². The van der Waals surface area contributed by atoms with Gasteiger partial charge in [-0.25, -0.2) is 0 Å². The molecule has 1 N–H and O–H groups in total. The lowest BCUT2D eigenvalue weighted by Gasteiger charge is -2.25. The van der Waals surface area contributed by atoms with Gasteiger partial charge in [0.25, 0.3) is 11.7 Å². The fourth-order valence-corrected chi connectivity index (χ4v) is 3.88. The average Bonchev–Trinajstić information content (AvgIpc) is 3.04. The first kappa shape index (κ1) is 19.8. The van der Waals surface area contributed by atoms with E-state index in [9.17, 15) is 14.7 Å². The highest BCUT2D eigenvalue weighted by molar-refractivity contribution is 9.10. The monoisotopic (exact) mass is 464 g/mol. The van der Waals surface area contributed by atoms with Crippen LogP contribution in [0.15, 0.2) is 83.1 Å². The molecule has 1 saturated heterocycles. The Morgan fingerprint density at radius 3 is 2.40 bits per heavy atom. The van der Waals surface area contributed by atoms with Crippen LogP contribution in [0.1, 0.15) is 17.2 Å². The zero-order chi connectivity index (χ0) is 21.3. The van der Waals surface area contributed by atoms with Crippen molar-refractivity contribution in [3.05, 3.63) is 94.2 Å².